The summed E-state index contributed by atoms with van der Waals surface area (Å²) in [7, 11) is 0. The zero-order valence-corrected chi connectivity index (χ0v) is 14.3. The van der Waals surface area contributed by atoms with Gasteiger partial charge in [0.05, 0.1) is 5.92 Å². The van der Waals surface area contributed by atoms with E-state index in [0.29, 0.717) is 41.9 Å². The number of hydrogen-bond donors (Lipinski definition) is 0. The van der Waals surface area contributed by atoms with Crippen molar-refractivity contribution >= 4 is 12.0 Å². The van der Waals surface area contributed by atoms with Gasteiger partial charge in [-0.05, 0) is 51.0 Å². The summed E-state index contributed by atoms with van der Waals surface area (Å²) in [5, 5.41) is 12.6. The standard InChI is InChI=1S/C20H22O4/c1-11(2)17-6-5-14-10-16(24-20(14)22)8-12(3)7-15-9-13(4)18(21)19(17)23-15/h7,9-10,16-17H,1,5-6,8H2,2-4H3/b12-7-. The van der Waals surface area contributed by atoms with Crippen LogP contribution in [-0.2, 0) is 9.53 Å². The lowest BCUT2D eigenvalue weighted by Gasteiger charge is -2.16. The molecule has 24 heavy (non-hydrogen) atoms. The first-order valence-electron chi connectivity index (χ1n) is 8.24. The molecule has 4 heteroatoms. The van der Waals surface area contributed by atoms with Gasteiger partial charge in [-0.15, -0.1) is 0 Å². The largest absolute Gasteiger partial charge is 0.866 e. The lowest BCUT2D eigenvalue weighted by atomic mass is 9.89. The van der Waals surface area contributed by atoms with Crippen LogP contribution in [0.4, 0.5) is 0 Å². The molecule has 4 bridgehead atoms. The second-order valence-electron chi connectivity index (χ2n) is 6.79. The minimum Gasteiger partial charge on any atom is -0.866 e. The smallest absolute Gasteiger partial charge is 0.353 e. The molecule has 0 spiro atoms. The number of ether oxygens (including phenoxy) is 1. The highest BCUT2D eigenvalue weighted by atomic mass is 16.5. The fourth-order valence-electron chi connectivity index (χ4n) is 3.32. The third kappa shape index (κ3) is 3.14. The molecule has 2 atom stereocenters. The molecule has 1 aromatic heterocycles. The zero-order chi connectivity index (χ0) is 17.4. The Kier molecular flexibility index (Phi) is 4.31. The van der Waals surface area contributed by atoms with E-state index in [0.717, 1.165) is 11.1 Å². The molecule has 4 nitrogen and oxygen atoms in total. The van der Waals surface area contributed by atoms with Crippen molar-refractivity contribution in [3.05, 3.63) is 52.5 Å². The van der Waals surface area contributed by atoms with Crippen LogP contribution in [0.2, 0.25) is 0 Å². The van der Waals surface area contributed by atoms with Crippen molar-refractivity contribution in [2.45, 2.75) is 52.1 Å². The van der Waals surface area contributed by atoms with Crippen molar-refractivity contribution in [2.24, 2.45) is 0 Å². The van der Waals surface area contributed by atoms with Gasteiger partial charge < -0.3 is 9.84 Å². The van der Waals surface area contributed by atoms with Gasteiger partial charge in [-0.3, -0.25) is 0 Å². The lowest BCUT2D eigenvalue weighted by molar-refractivity contribution is -0.272. The number of aryl methyl sites for hydroxylation is 1. The van der Waals surface area contributed by atoms with Crippen LogP contribution < -0.4 is 5.11 Å². The Balaban J connectivity index is 2.12. The fraction of sp³-hybridized carbons (Fsp3) is 0.400. The molecule has 1 aromatic rings. The van der Waals surface area contributed by atoms with Gasteiger partial charge in [0.25, 0.3) is 0 Å². The van der Waals surface area contributed by atoms with Crippen molar-refractivity contribution < 1.29 is 19.1 Å². The first kappa shape index (κ1) is 16.5. The molecule has 2 aliphatic rings. The van der Waals surface area contributed by atoms with E-state index in [-0.39, 0.29) is 23.7 Å². The molecular formula is C20H22O4. The van der Waals surface area contributed by atoms with Gasteiger partial charge in [-0.25, -0.2) is 9.21 Å². The fourth-order valence-corrected chi connectivity index (χ4v) is 3.32. The van der Waals surface area contributed by atoms with E-state index < -0.39 is 0 Å². The van der Waals surface area contributed by atoms with Crippen molar-refractivity contribution in [1.82, 2.24) is 0 Å². The lowest BCUT2D eigenvalue weighted by Crippen LogP contribution is -2.09. The van der Waals surface area contributed by atoms with E-state index in [1.165, 1.54) is 0 Å². The van der Waals surface area contributed by atoms with Crippen LogP contribution >= 0.6 is 0 Å². The van der Waals surface area contributed by atoms with E-state index in [4.69, 9.17) is 9.15 Å². The van der Waals surface area contributed by atoms with Crippen LogP contribution in [0.3, 0.4) is 0 Å². The predicted octanol–water partition coefficient (Wildman–Crippen LogP) is 4.04. The van der Waals surface area contributed by atoms with Gasteiger partial charge in [0, 0.05) is 24.1 Å². The Morgan fingerprint density at radius 2 is 2.17 bits per heavy atom. The van der Waals surface area contributed by atoms with Crippen LogP contribution in [0.1, 0.15) is 56.1 Å². The number of esters is 1. The third-order valence-electron chi connectivity index (χ3n) is 4.60. The van der Waals surface area contributed by atoms with Gasteiger partial charge in [0.2, 0.25) is 0 Å². The van der Waals surface area contributed by atoms with Gasteiger partial charge >= 0.3 is 17.5 Å². The summed E-state index contributed by atoms with van der Waals surface area (Å²) >= 11 is 0. The van der Waals surface area contributed by atoms with Crippen molar-refractivity contribution in [1.29, 1.82) is 0 Å². The summed E-state index contributed by atoms with van der Waals surface area (Å²) in [6.45, 7) is 9.67. The number of allylic oxidation sites excluding steroid dienone is 1. The molecule has 0 aromatic carbocycles. The maximum atomic E-state index is 12.6. The maximum absolute atomic E-state index is 12.6. The maximum Gasteiger partial charge on any atom is 0.353 e. The average molecular weight is 326 g/mol. The minimum absolute atomic E-state index is 0.0873. The molecule has 3 heterocycles. The second-order valence-corrected chi connectivity index (χ2v) is 6.79. The van der Waals surface area contributed by atoms with E-state index in [1.54, 1.807) is 13.0 Å². The molecule has 0 N–H and O–H groups in total. The number of carbonyl (C=O) groups is 1. The van der Waals surface area contributed by atoms with Crippen LogP contribution in [-0.4, -0.2) is 12.1 Å². The summed E-state index contributed by atoms with van der Waals surface area (Å²) < 4.78 is 11.4. The molecule has 3 rings (SSSR count). The first-order valence-corrected chi connectivity index (χ1v) is 8.24. The topological polar surface area (TPSA) is 60.7 Å². The van der Waals surface area contributed by atoms with Crippen LogP contribution in [0, 0.1) is 6.92 Å². The first-order chi connectivity index (χ1) is 11.3. The summed E-state index contributed by atoms with van der Waals surface area (Å²) in [5.74, 6) is 0.507. The summed E-state index contributed by atoms with van der Waals surface area (Å²) in [6.07, 6.45) is 5.38. The number of fused-ring (bicyclic) bond motifs is 3. The van der Waals surface area contributed by atoms with E-state index in [2.05, 4.69) is 6.58 Å². The van der Waals surface area contributed by atoms with E-state index in [9.17, 15) is 9.90 Å². The van der Waals surface area contributed by atoms with E-state index in [1.807, 2.05) is 26.0 Å². The molecular weight excluding hydrogens is 304 g/mol. The van der Waals surface area contributed by atoms with Gasteiger partial charge in [-0.2, -0.15) is 0 Å². The number of rotatable bonds is 1. The Hall–Kier alpha value is -2.36. The molecule has 126 valence electrons. The van der Waals surface area contributed by atoms with Crippen molar-refractivity contribution in [2.75, 3.05) is 0 Å². The molecule has 2 aliphatic heterocycles. The summed E-state index contributed by atoms with van der Waals surface area (Å²) in [5.41, 5.74) is 3.23. The Morgan fingerprint density at radius 3 is 2.88 bits per heavy atom. The number of hydrogen-bond acceptors (Lipinski definition) is 3. The highest BCUT2D eigenvalue weighted by Crippen LogP contribution is 2.38. The summed E-state index contributed by atoms with van der Waals surface area (Å²) in [4.78, 5) is 12.0. The molecule has 0 saturated carbocycles. The highest BCUT2D eigenvalue weighted by molar-refractivity contribution is 5.90. The minimum atomic E-state index is -0.255. The Labute approximate surface area is 142 Å². The Bertz CT molecular complexity index is 770. The third-order valence-corrected chi connectivity index (χ3v) is 4.60. The van der Waals surface area contributed by atoms with Gasteiger partial charge in [0.1, 0.15) is 6.10 Å². The quantitative estimate of drug-likeness (QED) is 0.444. The molecule has 0 amide bonds. The van der Waals surface area contributed by atoms with E-state index >= 15 is 0 Å². The molecule has 0 radical (unpaired) electrons. The van der Waals surface area contributed by atoms with Gasteiger partial charge in [-0.1, -0.05) is 17.7 Å². The predicted molar refractivity (Wildman–Crippen MR) is 90.3 cm³/mol. The highest BCUT2D eigenvalue weighted by Gasteiger charge is 2.31. The second kappa shape index (κ2) is 6.27. The molecule has 2 unspecified atom stereocenters. The molecule has 0 fully saturated rings. The monoisotopic (exact) mass is 326 g/mol. The normalized spacial score (nSPS) is 25.7. The van der Waals surface area contributed by atoms with Crippen molar-refractivity contribution in [3.8, 4) is 5.75 Å². The molecule has 0 aliphatic carbocycles. The SMILES string of the molecule is C=C(C)C1CCC2=CC(C/C(C)=C\c3cc(C)c([O-])c1[o+]3)OC2=O. The van der Waals surface area contributed by atoms with Crippen LogP contribution in [0.15, 0.2) is 39.9 Å². The van der Waals surface area contributed by atoms with Crippen LogP contribution in [0.5, 0.6) is 5.75 Å². The average Bonchev–Trinajstić information content (AvgIpc) is 2.82. The van der Waals surface area contributed by atoms with Crippen LogP contribution in [0.25, 0.3) is 6.08 Å². The zero-order valence-electron chi connectivity index (χ0n) is 14.3. The van der Waals surface area contributed by atoms with Gasteiger partial charge in [0.15, 0.2) is 0 Å². The summed E-state index contributed by atoms with van der Waals surface area (Å²) in [6, 6.07) is 1.76. The molecule has 0 saturated heterocycles. The number of carbonyl (C=O) groups excluding carboxylic acids is 1. The Morgan fingerprint density at radius 1 is 1.42 bits per heavy atom. The van der Waals surface area contributed by atoms with Crippen molar-refractivity contribution in [3.63, 3.8) is 0 Å².